The number of fused-ring (bicyclic) bond motifs is 1. The first kappa shape index (κ1) is 28.8. The van der Waals surface area contributed by atoms with Gasteiger partial charge in [0, 0.05) is 12.5 Å². The quantitative estimate of drug-likeness (QED) is 0.197. The number of carbonyl (C=O) groups excluding carboxylic acids is 2. The van der Waals surface area contributed by atoms with Gasteiger partial charge in [-0.25, -0.2) is 9.52 Å². The van der Waals surface area contributed by atoms with Crippen LogP contribution in [-0.2, 0) is 33.6 Å². The molecule has 2 aliphatic rings. The fourth-order valence-corrected chi connectivity index (χ4v) is 4.35. The van der Waals surface area contributed by atoms with E-state index >= 15 is 0 Å². The first-order valence-electron chi connectivity index (χ1n) is 11.7. The topological polar surface area (TPSA) is 193 Å². The molecule has 1 saturated heterocycles. The van der Waals surface area contributed by atoms with Gasteiger partial charge < -0.3 is 34.9 Å². The van der Waals surface area contributed by atoms with E-state index in [1.54, 1.807) is 29.8 Å². The third kappa shape index (κ3) is 7.87. The maximum Gasteiger partial charge on any atom is 0.362 e. The summed E-state index contributed by atoms with van der Waals surface area (Å²) in [5, 5.41) is 20.4. The number of amides is 1. The first-order chi connectivity index (χ1) is 17.5. The lowest BCUT2D eigenvalue weighted by Crippen LogP contribution is -2.47. The Morgan fingerprint density at radius 3 is 2.65 bits per heavy atom. The lowest BCUT2D eigenvalue weighted by atomic mass is 10.00. The van der Waals surface area contributed by atoms with Crippen molar-refractivity contribution in [3.05, 3.63) is 29.8 Å². The average Bonchev–Trinajstić information content (AvgIpc) is 3.44. The number of ether oxygens (including phenoxy) is 4. The molecule has 2 heterocycles. The van der Waals surface area contributed by atoms with Crippen molar-refractivity contribution >= 4 is 28.3 Å². The summed E-state index contributed by atoms with van der Waals surface area (Å²) >= 11 is 0. The zero-order chi connectivity index (χ0) is 27.2. The number of nitrogens with two attached hydrogens (primary N) is 1. The molecule has 206 valence electrons. The first-order valence-corrected chi connectivity index (χ1v) is 13.1. The van der Waals surface area contributed by atoms with E-state index in [-0.39, 0.29) is 25.7 Å². The van der Waals surface area contributed by atoms with Gasteiger partial charge in [-0.2, -0.15) is 8.42 Å². The lowest BCUT2D eigenvalue weighted by Gasteiger charge is -2.18. The molecule has 0 aliphatic carbocycles. The normalized spacial score (nSPS) is 24.7. The SMILES string of the molecule is CCC(C)C(N)C(=O)NS(=O)(=O)OCC1OC(CCOC(=O)C=Cc2ccc3c(c2)OCO3)C(O)C1O. The number of aliphatic hydroxyl groups excluding tert-OH is 2. The molecule has 1 aromatic carbocycles. The van der Waals surface area contributed by atoms with Crippen LogP contribution in [0.5, 0.6) is 11.5 Å². The summed E-state index contributed by atoms with van der Waals surface area (Å²) in [7, 11) is -4.52. The smallest absolute Gasteiger partial charge is 0.362 e. The summed E-state index contributed by atoms with van der Waals surface area (Å²) < 4.78 is 51.7. The Kier molecular flexibility index (Phi) is 9.87. The monoisotopic (exact) mass is 544 g/mol. The van der Waals surface area contributed by atoms with Gasteiger partial charge in [0.1, 0.15) is 18.3 Å². The van der Waals surface area contributed by atoms with Crippen molar-refractivity contribution in [1.29, 1.82) is 0 Å². The van der Waals surface area contributed by atoms with Crippen molar-refractivity contribution in [2.45, 2.75) is 57.1 Å². The number of esters is 1. The fourth-order valence-electron chi connectivity index (χ4n) is 3.60. The minimum Gasteiger partial charge on any atom is -0.462 e. The molecule has 37 heavy (non-hydrogen) atoms. The van der Waals surface area contributed by atoms with Gasteiger partial charge in [-0.15, -0.1) is 0 Å². The molecular formula is C23H32N2O11S. The molecule has 0 saturated carbocycles. The molecule has 1 amide bonds. The van der Waals surface area contributed by atoms with Crippen LogP contribution in [0.15, 0.2) is 24.3 Å². The van der Waals surface area contributed by atoms with Gasteiger partial charge in [0.2, 0.25) is 6.79 Å². The summed E-state index contributed by atoms with van der Waals surface area (Å²) in [4.78, 5) is 24.0. The number of rotatable bonds is 12. The summed E-state index contributed by atoms with van der Waals surface area (Å²) in [5.74, 6) is -0.615. The van der Waals surface area contributed by atoms with E-state index in [2.05, 4.69) is 0 Å². The molecule has 0 spiro atoms. The largest absolute Gasteiger partial charge is 0.462 e. The highest BCUT2D eigenvalue weighted by atomic mass is 32.2. The van der Waals surface area contributed by atoms with E-state index < -0.39 is 59.2 Å². The highest BCUT2D eigenvalue weighted by Crippen LogP contribution is 2.32. The van der Waals surface area contributed by atoms with Crippen LogP contribution in [0.3, 0.4) is 0 Å². The van der Waals surface area contributed by atoms with E-state index in [9.17, 15) is 28.2 Å². The van der Waals surface area contributed by atoms with Crippen molar-refractivity contribution in [3.8, 4) is 11.5 Å². The standard InChI is InChI=1S/C23H32N2O11S/c1-3-13(2)20(24)23(29)25-37(30,31)35-11-18-22(28)21(27)16(36-18)8-9-32-19(26)7-5-14-4-6-15-17(10-14)34-12-33-15/h4-7,10,13,16,18,20-22,27-28H,3,8-9,11-12,24H2,1-2H3,(H,25,29). The Hall–Kier alpha value is -2.75. The Labute approximate surface area is 214 Å². The fraction of sp³-hybridized carbons (Fsp3) is 0.565. The number of hydrogen-bond donors (Lipinski definition) is 4. The molecule has 2 aliphatic heterocycles. The van der Waals surface area contributed by atoms with Gasteiger partial charge in [-0.3, -0.25) is 8.98 Å². The Bertz CT molecular complexity index is 1090. The van der Waals surface area contributed by atoms with Crippen LogP contribution in [0.1, 0.15) is 32.3 Å². The number of carbonyl (C=O) groups is 2. The van der Waals surface area contributed by atoms with E-state index in [0.717, 1.165) is 0 Å². The summed E-state index contributed by atoms with van der Waals surface area (Å²) in [5.41, 5.74) is 6.41. The second-order valence-corrected chi connectivity index (χ2v) is 10.1. The Morgan fingerprint density at radius 1 is 1.22 bits per heavy atom. The molecule has 1 fully saturated rings. The molecule has 1 aromatic rings. The van der Waals surface area contributed by atoms with Gasteiger partial charge in [0.05, 0.1) is 25.4 Å². The molecule has 3 rings (SSSR count). The van der Waals surface area contributed by atoms with Crippen LogP contribution in [-0.4, -0.2) is 81.0 Å². The van der Waals surface area contributed by atoms with Crippen LogP contribution in [0.4, 0.5) is 0 Å². The van der Waals surface area contributed by atoms with Crippen molar-refractivity contribution in [2.24, 2.45) is 11.7 Å². The van der Waals surface area contributed by atoms with E-state index in [1.165, 1.54) is 12.2 Å². The predicted molar refractivity (Wildman–Crippen MR) is 128 cm³/mol. The number of hydrogen-bond acceptors (Lipinski definition) is 12. The van der Waals surface area contributed by atoms with E-state index in [4.69, 9.17) is 28.9 Å². The molecule has 0 bridgehead atoms. The molecule has 13 nitrogen and oxygen atoms in total. The maximum absolute atomic E-state index is 12.1. The summed E-state index contributed by atoms with van der Waals surface area (Å²) in [6, 6.07) is 4.13. The minimum atomic E-state index is -4.52. The van der Waals surface area contributed by atoms with Crippen molar-refractivity contribution < 1.29 is 51.4 Å². The molecule has 5 N–H and O–H groups in total. The molecule has 0 aromatic heterocycles. The molecular weight excluding hydrogens is 512 g/mol. The van der Waals surface area contributed by atoms with Crippen molar-refractivity contribution in [3.63, 3.8) is 0 Å². The highest BCUT2D eigenvalue weighted by Gasteiger charge is 2.43. The van der Waals surface area contributed by atoms with Crippen LogP contribution >= 0.6 is 0 Å². The second kappa shape index (κ2) is 12.7. The van der Waals surface area contributed by atoms with Crippen molar-refractivity contribution in [2.75, 3.05) is 20.0 Å². The Morgan fingerprint density at radius 2 is 1.92 bits per heavy atom. The minimum absolute atomic E-state index is 0.0333. The van der Waals surface area contributed by atoms with Crippen LogP contribution in [0.2, 0.25) is 0 Å². The van der Waals surface area contributed by atoms with Gasteiger partial charge in [0.15, 0.2) is 11.5 Å². The molecule has 6 unspecified atom stereocenters. The zero-order valence-corrected chi connectivity index (χ0v) is 21.3. The third-order valence-electron chi connectivity index (χ3n) is 6.09. The van der Waals surface area contributed by atoms with Crippen LogP contribution < -0.4 is 19.9 Å². The van der Waals surface area contributed by atoms with Gasteiger partial charge >= 0.3 is 16.3 Å². The van der Waals surface area contributed by atoms with Gasteiger partial charge in [0.25, 0.3) is 5.91 Å². The molecule has 14 heteroatoms. The van der Waals surface area contributed by atoms with Crippen LogP contribution in [0.25, 0.3) is 6.08 Å². The van der Waals surface area contributed by atoms with Gasteiger partial charge in [-0.1, -0.05) is 26.3 Å². The highest BCUT2D eigenvalue weighted by molar-refractivity contribution is 7.85. The van der Waals surface area contributed by atoms with Crippen molar-refractivity contribution in [1.82, 2.24) is 4.72 Å². The summed E-state index contributed by atoms with van der Waals surface area (Å²) in [6.07, 6.45) is -1.60. The average molecular weight is 545 g/mol. The lowest BCUT2D eigenvalue weighted by molar-refractivity contribution is -0.139. The predicted octanol–water partition coefficient (Wildman–Crippen LogP) is -0.398. The number of aliphatic hydroxyl groups is 2. The van der Waals surface area contributed by atoms with E-state index in [0.29, 0.717) is 23.5 Å². The summed E-state index contributed by atoms with van der Waals surface area (Å²) in [6.45, 7) is 2.86. The zero-order valence-electron chi connectivity index (χ0n) is 20.4. The van der Waals surface area contributed by atoms with Gasteiger partial charge in [-0.05, 0) is 29.7 Å². The third-order valence-corrected chi connectivity index (χ3v) is 6.99. The van der Waals surface area contributed by atoms with Crippen LogP contribution in [0, 0.1) is 5.92 Å². The maximum atomic E-state index is 12.1. The van der Waals surface area contributed by atoms with E-state index in [1.807, 2.05) is 6.92 Å². The number of nitrogens with one attached hydrogen (secondary N) is 1. The second-order valence-electron chi connectivity index (χ2n) is 8.71. The molecule has 6 atom stereocenters. The molecule has 0 radical (unpaired) electrons. The number of benzene rings is 1. The Balaban J connectivity index is 1.41.